The Hall–Kier alpha value is -0.496. The average Bonchev–Trinajstić information content (AvgIpc) is 2.46. The van der Waals surface area contributed by atoms with Crippen LogP contribution in [0.2, 0.25) is 0 Å². The summed E-state index contributed by atoms with van der Waals surface area (Å²) in [5.74, 6) is 0. The molecule has 1 radical (unpaired) electrons. The molecule has 0 saturated carbocycles. The summed E-state index contributed by atoms with van der Waals surface area (Å²) in [6.07, 6.45) is 1.25. The van der Waals surface area contributed by atoms with Gasteiger partial charge < -0.3 is 12.5 Å². The third-order valence-corrected chi connectivity index (χ3v) is 1.33. The van der Waals surface area contributed by atoms with Crippen LogP contribution in [0.3, 0.4) is 0 Å². The van der Waals surface area contributed by atoms with E-state index < -0.39 is 0 Å². The van der Waals surface area contributed by atoms with Crippen LogP contribution >= 0.6 is 0 Å². The molecule has 2 aromatic carbocycles. The van der Waals surface area contributed by atoms with Crippen LogP contribution in [0.5, 0.6) is 0 Å². The van der Waals surface area contributed by atoms with E-state index in [0.29, 0.717) is 0 Å². The average molecular weight is 352 g/mol. The first-order chi connectivity index (χ1) is 8.41. The van der Waals surface area contributed by atoms with E-state index in [1.165, 1.54) is 6.42 Å². The van der Waals surface area contributed by atoms with E-state index in [2.05, 4.69) is 13.8 Å². The molecule has 0 aliphatic rings. The summed E-state index contributed by atoms with van der Waals surface area (Å²) in [4.78, 5) is 0. The Morgan fingerprint density at radius 3 is 0.650 bits per heavy atom. The van der Waals surface area contributed by atoms with Crippen molar-refractivity contribution in [1.29, 1.82) is 0 Å². The van der Waals surface area contributed by atoms with Gasteiger partial charge in [0.2, 0.25) is 0 Å². The van der Waals surface area contributed by atoms with E-state index in [0.717, 1.165) is 7.11 Å². The van der Waals surface area contributed by atoms with Crippen LogP contribution in [-0.4, -0.2) is 12.2 Å². The topological polar surface area (TPSA) is 20.2 Å². The quantitative estimate of drug-likeness (QED) is 0.622. The maximum Gasteiger partial charge on any atom is 0.0319 e. The van der Waals surface area contributed by atoms with Gasteiger partial charge in [-0.1, -0.05) is 100 Å². The largest absolute Gasteiger partial charge is 0.400 e. The van der Waals surface area contributed by atoms with E-state index in [4.69, 9.17) is 5.11 Å². The Kier molecular flexibility index (Phi) is 57.6. The number of hydrogen-bond acceptors (Lipinski definition) is 1. The number of benzene rings is 2. The van der Waals surface area contributed by atoms with Crippen molar-refractivity contribution in [1.82, 2.24) is 0 Å². The second-order valence-corrected chi connectivity index (χ2v) is 3.02. The summed E-state index contributed by atoms with van der Waals surface area (Å²) in [6, 6.07) is 24.0. The summed E-state index contributed by atoms with van der Waals surface area (Å²) in [7, 11) is 1.00. The summed E-state index contributed by atoms with van der Waals surface area (Å²) < 4.78 is 0. The summed E-state index contributed by atoms with van der Waals surface area (Å²) in [5.41, 5.74) is 0. The molecule has 0 aromatic heterocycles. The molecule has 0 atom stereocenters. The Bertz CT molecular complexity index is 200. The second kappa shape index (κ2) is 36.3. The van der Waals surface area contributed by atoms with Crippen molar-refractivity contribution in [2.24, 2.45) is 0 Å². The van der Waals surface area contributed by atoms with Crippen molar-refractivity contribution in [3.8, 4) is 0 Å². The monoisotopic (exact) mass is 352 g/mol. The zero-order valence-corrected chi connectivity index (χ0v) is 15.5. The minimum Gasteiger partial charge on any atom is -0.400 e. The molecule has 113 valence electrons. The molecule has 2 heteroatoms. The Balaban J connectivity index is -0.0000000515. The standard InChI is InChI=1S/2C6H6.C3H8.CH4O.CH4.CH3.Y/c2*1-2-4-6-5-3-1;1-3-2;1-2;;;/h2*1-6H;3H2,1-2H3;2H,1H3;1H4;1H3;/q;;;;;-1;. The van der Waals surface area contributed by atoms with Crippen LogP contribution in [0, 0.1) is 7.43 Å². The van der Waals surface area contributed by atoms with Crippen LogP contribution < -0.4 is 0 Å². The molecular formula is C18H31OY-. The molecular weight excluding hydrogens is 321 g/mol. The van der Waals surface area contributed by atoms with E-state index in [-0.39, 0.29) is 47.6 Å². The normalized spacial score (nSPS) is 6.00. The molecule has 2 rings (SSSR count). The minimum atomic E-state index is 0. The van der Waals surface area contributed by atoms with Gasteiger partial charge in [0.15, 0.2) is 0 Å². The van der Waals surface area contributed by atoms with Gasteiger partial charge in [0.05, 0.1) is 0 Å². The van der Waals surface area contributed by atoms with Crippen LogP contribution in [0.4, 0.5) is 0 Å². The van der Waals surface area contributed by atoms with Crippen LogP contribution in [0.25, 0.3) is 0 Å². The third-order valence-electron chi connectivity index (χ3n) is 1.33. The maximum atomic E-state index is 7.00. The van der Waals surface area contributed by atoms with E-state index >= 15 is 0 Å². The van der Waals surface area contributed by atoms with Crippen molar-refractivity contribution in [2.45, 2.75) is 27.7 Å². The predicted molar refractivity (Wildman–Crippen MR) is 90.1 cm³/mol. The number of aliphatic hydroxyl groups is 1. The fourth-order valence-corrected chi connectivity index (χ4v) is 0.770. The smallest absolute Gasteiger partial charge is 0.0319 e. The van der Waals surface area contributed by atoms with Crippen LogP contribution in [-0.2, 0) is 32.7 Å². The number of aliphatic hydroxyl groups excluding tert-OH is 1. The first kappa shape index (κ1) is 31.7. The molecule has 0 saturated heterocycles. The molecule has 20 heavy (non-hydrogen) atoms. The zero-order valence-electron chi connectivity index (χ0n) is 12.7. The summed E-state index contributed by atoms with van der Waals surface area (Å²) >= 11 is 0. The van der Waals surface area contributed by atoms with Crippen molar-refractivity contribution in [3.63, 3.8) is 0 Å². The van der Waals surface area contributed by atoms with Crippen molar-refractivity contribution >= 4 is 0 Å². The van der Waals surface area contributed by atoms with Gasteiger partial charge in [-0.15, -0.1) is 0 Å². The van der Waals surface area contributed by atoms with E-state index in [1.807, 2.05) is 72.8 Å². The third kappa shape index (κ3) is 36.0. The van der Waals surface area contributed by atoms with Gasteiger partial charge in [-0.3, -0.25) is 0 Å². The number of hydrogen-bond donors (Lipinski definition) is 1. The minimum absolute atomic E-state index is 0. The first-order valence-electron chi connectivity index (χ1n) is 5.86. The fourth-order valence-electron chi connectivity index (χ4n) is 0.770. The Morgan fingerprint density at radius 1 is 0.550 bits per heavy atom. The molecule has 0 bridgehead atoms. The first-order valence-corrected chi connectivity index (χ1v) is 5.86. The zero-order chi connectivity index (χ0) is 13.2. The van der Waals surface area contributed by atoms with Crippen LogP contribution in [0.15, 0.2) is 72.8 Å². The van der Waals surface area contributed by atoms with Crippen molar-refractivity contribution in [2.75, 3.05) is 7.11 Å². The van der Waals surface area contributed by atoms with Gasteiger partial charge in [-0.2, -0.15) is 0 Å². The molecule has 1 N–H and O–H groups in total. The molecule has 0 amide bonds. The summed E-state index contributed by atoms with van der Waals surface area (Å²) in [6.45, 7) is 4.25. The molecule has 0 aliphatic carbocycles. The molecule has 1 nitrogen and oxygen atoms in total. The molecule has 0 spiro atoms. The number of rotatable bonds is 0. The van der Waals surface area contributed by atoms with Crippen molar-refractivity contribution in [3.05, 3.63) is 80.2 Å². The van der Waals surface area contributed by atoms with Crippen LogP contribution in [0.1, 0.15) is 27.7 Å². The second-order valence-electron chi connectivity index (χ2n) is 3.02. The molecule has 0 heterocycles. The molecule has 0 fully saturated rings. The Morgan fingerprint density at radius 2 is 0.600 bits per heavy atom. The molecule has 0 unspecified atom stereocenters. The molecule has 2 aromatic rings. The van der Waals surface area contributed by atoms with Crippen molar-refractivity contribution < 1.29 is 37.8 Å². The van der Waals surface area contributed by atoms with Gasteiger partial charge in [0.25, 0.3) is 0 Å². The van der Waals surface area contributed by atoms with Gasteiger partial charge >= 0.3 is 0 Å². The Labute approximate surface area is 152 Å². The van der Waals surface area contributed by atoms with Gasteiger partial charge in [-0.05, 0) is 0 Å². The SMILES string of the molecule is C.CCC.CO.[CH3-].[Y].c1ccccc1.c1ccccc1. The fraction of sp³-hybridized carbons (Fsp3) is 0.278. The maximum absolute atomic E-state index is 7.00. The van der Waals surface area contributed by atoms with Gasteiger partial charge in [0.1, 0.15) is 0 Å². The van der Waals surface area contributed by atoms with Gasteiger partial charge in [-0.25, -0.2) is 0 Å². The van der Waals surface area contributed by atoms with E-state index in [1.54, 1.807) is 0 Å². The predicted octanol–water partition coefficient (Wildman–Crippen LogP) is 5.48. The summed E-state index contributed by atoms with van der Waals surface area (Å²) in [5, 5.41) is 7.00. The van der Waals surface area contributed by atoms with E-state index in [9.17, 15) is 0 Å². The molecule has 0 aliphatic heterocycles. The van der Waals surface area contributed by atoms with Gasteiger partial charge in [0, 0.05) is 39.8 Å².